The lowest BCUT2D eigenvalue weighted by molar-refractivity contribution is 0.410. The van der Waals surface area contributed by atoms with Crippen LogP contribution in [0.15, 0.2) is 83.7 Å². The van der Waals surface area contributed by atoms with E-state index in [4.69, 9.17) is 21.7 Å². The lowest BCUT2D eigenvalue weighted by Crippen LogP contribution is -2.35. The van der Waals surface area contributed by atoms with Crippen LogP contribution in [0.25, 0.3) is 10.9 Å². The van der Waals surface area contributed by atoms with E-state index >= 15 is 0 Å². The van der Waals surface area contributed by atoms with Crippen molar-refractivity contribution in [1.29, 1.82) is 0 Å². The van der Waals surface area contributed by atoms with Crippen molar-refractivity contribution < 1.29 is 9.47 Å². The van der Waals surface area contributed by atoms with E-state index < -0.39 is 0 Å². The second-order valence-corrected chi connectivity index (χ2v) is 7.96. The van der Waals surface area contributed by atoms with Crippen LogP contribution in [-0.2, 0) is 13.1 Å². The van der Waals surface area contributed by atoms with Gasteiger partial charge in [0.2, 0.25) is 0 Å². The van der Waals surface area contributed by atoms with Gasteiger partial charge in [0, 0.05) is 23.9 Å². The number of ether oxygens (including phenoxy) is 2. The van der Waals surface area contributed by atoms with Crippen LogP contribution in [0.3, 0.4) is 0 Å². The molecular weight excluding hydrogens is 434 g/mol. The maximum atomic E-state index is 12.9. The second kappa shape index (κ2) is 10.2. The minimum absolute atomic E-state index is 0.152. The van der Waals surface area contributed by atoms with Gasteiger partial charge < -0.3 is 24.7 Å². The molecule has 3 aromatic carbocycles. The molecule has 6 nitrogen and oxygen atoms in total. The number of rotatable bonds is 7. The van der Waals surface area contributed by atoms with Crippen LogP contribution in [0.1, 0.15) is 11.1 Å². The van der Waals surface area contributed by atoms with Gasteiger partial charge in [-0.1, -0.05) is 30.3 Å². The smallest absolute Gasteiger partial charge is 0.253 e. The number of anilines is 1. The molecule has 0 atom stereocenters. The number of nitrogens with one attached hydrogen (secondary N) is 2. The number of nitrogens with zero attached hydrogens (tertiary/aromatic N) is 1. The van der Waals surface area contributed by atoms with Crippen molar-refractivity contribution in [2.24, 2.45) is 0 Å². The van der Waals surface area contributed by atoms with Crippen LogP contribution in [0, 0.1) is 0 Å². The normalized spacial score (nSPS) is 10.6. The Bertz CT molecular complexity index is 1300. The first-order valence-electron chi connectivity index (χ1n) is 10.5. The molecule has 0 amide bonds. The zero-order valence-corrected chi connectivity index (χ0v) is 19.3. The third-order valence-electron chi connectivity index (χ3n) is 5.34. The highest BCUT2D eigenvalue weighted by Gasteiger charge is 2.15. The molecule has 0 bridgehead atoms. The van der Waals surface area contributed by atoms with E-state index in [0.717, 1.165) is 27.9 Å². The third-order valence-corrected chi connectivity index (χ3v) is 5.70. The fraction of sp³-hybridized carbons (Fsp3) is 0.154. The van der Waals surface area contributed by atoms with Gasteiger partial charge in [0.05, 0.1) is 26.3 Å². The zero-order valence-electron chi connectivity index (χ0n) is 18.5. The maximum Gasteiger partial charge on any atom is 0.253 e. The summed E-state index contributed by atoms with van der Waals surface area (Å²) in [6.07, 6.45) is 0. The summed E-state index contributed by atoms with van der Waals surface area (Å²) in [7, 11) is 3.23. The third kappa shape index (κ3) is 5.51. The van der Waals surface area contributed by atoms with Gasteiger partial charge in [-0.25, -0.2) is 0 Å². The van der Waals surface area contributed by atoms with Crippen molar-refractivity contribution in [1.82, 2.24) is 9.88 Å². The Kier molecular flexibility index (Phi) is 6.90. The highest BCUT2D eigenvalue weighted by atomic mass is 32.1. The molecule has 0 saturated carbocycles. The van der Waals surface area contributed by atoms with Gasteiger partial charge >= 0.3 is 0 Å². The monoisotopic (exact) mass is 459 g/mol. The molecule has 0 spiro atoms. The van der Waals surface area contributed by atoms with Gasteiger partial charge in [-0.15, -0.1) is 0 Å². The number of hydrogen-bond donors (Lipinski definition) is 2. The molecule has 0 aliphatic carbocycles. The van der Waals surface area contributed by atoms with E-state index in [1.54, 1.807) is 14.2 Å². The van der Waals surface area contributed by atoms with Gasteiger partial charge in [-0.05, 0) is 65.6 Å². The summed E-state index contributed by atoms with van der Waals surface area (Å²) < 4.78 is 10.5. The minimum Gasteiger partial charge on any atom is -0.497 e. The first kappa shape index (κ1) is 22.4. The summed E-state index contributed by atoms with van der Waals surface area (Å²) in [5, 5.41) is 4.73. The summed E-state index contributed by atoms with van der Waals surface area (Å²) in [6, 6.07) is 25.1. The molecule has 4 aromatic rings. The van der Waals surface area contributed by atoms with Crippen molar-refractivity contribution in [3.05, 3.63) is 100 Å². The number of H-pyrrole nitrogens is 1. The van der Waals surface area contributed by atoms with Crippen LogP contribution in [0.5, 0.6) is 11.5 Å². The van der Waals surface area contributed by atoms with Gasteiger partial charge in [-0.3, -0.25) is 4.79 Å². The average molecular weight is 460 g/mol. The Hall–Kier alpha value is -3.84. The Morgan fingerprint density at radius 3 is 2.30 bits per heavy atom. The van der Waals surface area contributed by atoms with Crippen molar-refractivity contribution in [3.8, 4) is 11.5 Å². The van der Waals surface area contributed by atoms with Crippen molar-refractivity contribution in [2.75, 3.05) is 19.5 Å². The van der Waals surface area contributed by atoms with Crippen LogP contribution < -0.4 is 20.3 Å². The first-order chi connectivity index (χ1) is 16.1. The highest BCUT2D eigenvalue weighted by molar-refractivity contribution is 7.80. The molecular formula is C26H25N3O3S. The van der Waals surface area contributed by atoms with E-state index in [-0.39, 0.29) is 5.56 Å². The fourth-order valence-corrected chi connectivity index (χ4v) is 3.80. The standard InChI is InChI=1S/C26H25N3O3S/c1-31-22-12-9-21(10-13-22)27-26(33)29(16-18-6-4-3-5-7-18)17-20-14-19-8-11-23(32-2)15-24(19)28-25(20)30/h3-15H,16-17H2,1-2H3,(H,27,33)(H,28,30). The summed E-state index contributed by atoms with van der Waals surface area (Å²) in [5.41, 5.74) is 3.15. The lowest BCUT2D eigenvalue weighted by Gasteiger charge is -2.26. The Morgan fingerprint density at radius 1 is 0.909 bits per heavy atom. The molecule has 0 fully saturated rings. The molecule has 0 radical (unpaired) electrons. The number of hydrogen-bond acceptors (Lipinski definition) is 4. The number of aromatic nitrogens is 1. The number of pyridine rings is 1. The van der Waals surface area contributed by atoms with Crippen molar-refractivity contribution in [2.45, 2.75) is 13.1 Å². The molecule has 168 valence electrons. The van der Waals surface area contributed by atoms with Crippen LogP contribution in [-0.4, -0.2) is 29.2 Å². The minimum atomic E-state index is -0.152. The summed E-state index contributed by atoms with van der Waals surface area (Å²) in [5.74, 6) is 1.47. The van der Waals surface area contributed by atoms with E-state index in [1.807, 2.05) is 83.8 Å². The van der Waals surface area contributed by atoms with Gasteiger partial charge in [0.15, 0.2) is 5.11 Å². The second-order valence-electron chi connectivity index (χ2n) is 7.58. The van der Waals surface area contributed by atoms with Crippen molar-refractivity contribution >= 4 is 33.9 Å². The molecule has 0 saturated heterocycles. The summed E-state index contributed by atoms with van der Waals surface area (Å²) in [6.45, 7) is 0.914. The molecule has 0 unspecified atom stereocenters. The highest BCUT2D eigenvalue weighted by Crippen LogP contribution is 2.20. The number of benzene rings is 3. The zero-order chi connectivity index (χ0) is 23.2. The number of aromatic amines is 1. The van der Waals surface area contributed by atoms with Gasteiger partial charge in [-0.2, -0.15) is 0 Å². The van der Waals surface area contributed by atoms with E-state index in [1.165, 1.54) is 0 Å². The molecule has 0 aliphatic heterocycles. The number of fused-ring (bicyclic) bond motifs is 1. The SMILES string of the molecule is COc1ccc(NC(=S)N(Cc2ccccc2)Cc2cc3ccc(OC)cc3[nH]c2=O)cc1. The molecule has 2 N–H and O–H groups in total. The van der Waals surface area contributed by atoms with Crippen molar-refractivity contribution in [3.63, 3.8) is 0 Å². The topological polar surface area (TPSA) is 66.6 Å². The van der Waals surface area contributed by atoms with E-state index in [0.29, 0.717) is 29.5 Å². The Labute approximate surface area is 197 Å². The summed E-state index contributed by atoms with van der Waals surface area (Å²) >= 11 is 5.74. The molecule has 4 rings (SSSR count). The van der Waals surface area contributed by atoms with Crippen LogP contribution >= 0.6 is 12.2 Å². The van der Waals surface area contributed by atoms with Gasteiger partial charge in [0.25, 0.3) is 5.56 Å². The Morgan fingerprint density at radius 2 is 1.61 bits per heavy atom. The average Bonchev–Trinajstić information content (AvgIpc) is 2.84. The number of thiocarbonyl (C=S) groups is 1. The predicted octanol–water partition coefficient (Wildman–Crippen LogP) is 4.94. The maximum absolute atomic E-state index is 12.9. The van der Waals surface area contributed by atoms with E-state index in [2.05, 4.69) is 10.3 Å². The number of methoxy groups -OCH3 is 2. The molecule has 7 heteroatoms. The lowest BCUT2D eigenvalue weighted by atomic mass is 10.1. The molecule has 1 heterocycles. The quantitative estimate of drug-likeness (QED) is 0.382. The van der Waals surface area contributed by atoms with Gasteiger partial charge in [0.1, 0.15) is 11.5 Å². The fourth-order valence-electron chi connectivity index (χ4n) is 3.56. The van der Waals surface area contributed by atoms with Crippen LogP contribution in [0.2, 0.25) is 0 Å². The largest absolute Gasteiger partial charge is 0.497 e. The molecule has 1 aromatic heterocycles. The Balaban J connectivity index is 1.62. The van der Waals surface area contributed by atoms with E-state index in [9.17, 15) is 4.79 Å². The molecule has 0 aliphatic rings. The predicted molar refractivity (Wildman–Crippen MR) is 136 cm³/mol. The first-order valence-corrected chi connectivity index (χ1v) is 10.9. The van der Waals surface area contributed by atoms with Crippen LogP contribution in [0.4, 0.5) is 5.69 Å². The molecule has 33 heavy (non-hydrogen) atoms. The summed E-state index contributed by atoms with van der Waals surface area (Å²) in [4.78, 5) is 17.8.